The van der Waals surface area contributed by atoms with Gasteiger partial charge in [-0.1, -0.05) is 182 Å². The summed E-state index contributed by atoms with van der Waals surface area (Å²) in [5.74, 6) is 0. The number of hydrogen-bond donors (Lipinski definition) is 0. The minimum Gasteiger partial charge on any atom is -0.374 e. The largest absolute Gasteiger partial charge is 0.374 e. The molecule has 0 unspecified atom stereocenters. The van der Waals surface area contributed by atoms with Crippen LogP contribution in [-0.4, -0.2) is 75.6 Å². The van der Waals surface area contributed by atoms with Crippen molar-refractivity contribution in [1.29, 1.82) is 0 Å². The maximum absolute atomic E-state index is 6.85. The third-order valence-corrected chi connectivity index (χ3v) is 11.3. The van der Waals surface area contributed by atoms with Gasteiger partial charge in [-0.3, -0.25) is 0 Å². The second-order valence-corrected chi connectivity index (χ2v) is 16.0. The summed E-state index contributed by atoms with van der Waals surface area (Å²) in [6.07, 6.45) is -5.97. The van der Waals surface area contributed by atoms with Gasteiger partial charge in [0.2, 0.25) is 0 Å². The predicted octanol–water partition coefficient (Wildman–Crippen LogP) is 9.24. The Morgan fingerprint density at radius 3 is 1.00 bits per heavy atom. The Kier molecular flexibility index (Phi) is 17.3. The molecule has 64 heavy (non-hydrogen) atoms. The molecule has 9 atom stereocenters. The van der Waals surface area contributed by atoms with E-state index >= 15 is 0 Å². The van der Waals surface area contributed by atoms with Crippen LogP contribution >= 0.6 is 0 Å². The van der Waals surface area contributed by atoms with Crippen molar-refractivity contribution < 1.29 is 47.4 Å². The van der Waals surface area contributed by atoms with Gasteiger partial charge in [-0.2, -0.15) is 0 Å². The van der Waals surface area contributed by atoms with E-state index in [2.05, 4.69) is 0 Å². The number of benzene rings is 6. The standard InChI is InChI=1S/C54H58O10/c1-55-53-52(61-37-45-30-18-7-19-31-45)50(59-35-43-26-14-5-15-27-43)48(57-33-41-22-10-3-11-23-41)47(63-53)39-62-54-51(60-36-44-28-16-6-17-29-44)49(58-34-42-24-12-4-13-25-42)46(64-54)38-56-32-40-20-8-2-9-21-40/h2-31,46-54H,32-39H2,1H3/t46-,47-,48-,49-,50+,51-,52-,53-,54+/m1/s1. The van der Waals surface area contributed by atoms with Crippen LogP contribution in [0.5, 0.6) is 0 Å². The van der Waals surface area contributed by atoms with Gasteiger partial charge in [0.15, 0.2) is 12.6 Å². The van der Waals surface area contributed by atoms with Gasteiger partial charge in [0.25, 0.3) is 0 Å². The van der Waals surface area contributed by atoms with Gasteiger partial charge in [0.05, 0.1) is 52.9 Å². The molecule has 10 nitrogen and oxygen atoms in total. The Labute approximate surface area is 376 Å². The van der Waals surface area contributed by atoms with E-state index in [4.69, 9.17) is 47.4 Å². The molecular weight excluding hydrogens is 809 g/mol. The SMILES string of the molecule is CO[C@@H]1O[C@H](CO[C@H]2O[C@H](COCc3ccccc3)[C@@H](OCc3ccccc3)[C@H]2OCc2ccccc2)[C@@H](OCc2ccccc2)[C@H](OCc2ccccc2)[C@H]1OCc1ccccc1. The van der Waals surface area contributed by atoms with E-state index in [9.17, 15) is 0 Å². The molecule has 334 valence electrons. The van der Waals surface area contributed by atoms with E-state index in [1.54, 1.807) is 7.11 Å². The van der Waals surface area contributed by atoms with E-state index in [1.165, 1.54) is 0 Å². The summed E-state index contributed by atoms with van der Waals surface area (Å²) in [7, 11) is 1.61. The minimum atomic E-state index is -0.857. The highest BCUT2D eigenvalue weighted by atomic mass is 16.8. The Balaban J connectivity index is 1.06. The fourth-order valence-electron chi connectivity index (χ4n) is 8.00. The van der Waals surface area contributed by atoms with Crippen molar-refractivity contribution in [2.75, 3.05) is 20.3 Å². The molecule has 6 aromatic carbocycles. The molecule has 0 aliphatic carbocycles. The van der Waals surface area contributed by atoms with Crippen LogP contribution in [0.25, 0.3) is 0 Å². The molecule has 2 aliphatic rings. The van der Waals surface area contributed by atoms with Gasteiger partial charge in [0.1, 0.15) is 42.7 Å². The van der Waals surface area contributed by atoms with Crippen LogP contribution in [0.4, 0.5) is 0 Å². The van der Waals surface area contributed by atoms with Gasteiger partial charge in [-0.15, -0.1) is 0 Å². The van der Waals surface area contributed by atoms with Gasteiger partial charge >= 0.3 is 0 Å². The monoisotopic (exact) mass is 866 g/mol. The number of ether oxygens (including phenoxy) is 10. The number of methoxy groups -OCH3 is 1. The lowest BCUT2D eigenvalue weighted by atomic mass is 9.97. The van der Waals surface area contributed by atoms with Crippen LogP contribution in [-0.2, 0) is 87.0 Å². The minimum absolute atomic E-state index is 0.0504. The van der Waals surface area contributed by atoms with E-state index in [0.717, 1.165) is 33.4 Å². The Bertz CT molecular complexity index is 2170. The van der Waals surface area contributed by atoms with Crippen molar-refractivity contribution >= 4 is 0 Å². The lowest BCUT2D eigenvalue weighted by molar-refractivity contribution is -0.328. The van der Waals surface area contributed by atoms with Crippen molar-refractivity contribution in [3.63, 3.8) is 0 Å². The van der Waals surface area contributed by atoms with Crippen LogP contribution in [0, 0.1) is 0 Å². The van der Waals surface area contributed by atoms with Crippen molar-refractivity contribution in [1.82, 2.24) is 0 Å². The van der Waals surface area contributed by atoms with Crippen LogP contribution in [0.3, 0.4) is 0 Å². The average Bonchev–Trinajstić information content (AvgIpc) is 3.69. The van der Waals surface area contributed by atoms with E-state index < -0.39 is 55.3 Å². The van der Waals surface area contributed by atoms with Gasteiger partial charge in [-0.25, -0.2) is 0 Å². The van der Waals surface area contributed by atoms with Gasteiger partial charge in [0, 0.05) is 7.11 Å². The van der Waals surface area contributed by atoms with Crippen LogP contribution in [0.2, 0.25) is 0 Å². The molecule has 0 aromatic heterocycles. The highest BCUT2D eigenvalue weighted by Crippen LogP contribution is 2.34. The second-order valence-electron chi connectivity index (χ2n) is 16.0. The highest BCUT2D eigenvalue weighted by Gasteiger charge is 2.51. The van der Waals surface area contributed by atoms with Gasteiger partial charge < -0.3 is 47.4 Å². The summed E-state index contributed by atoms with van der Waals surface area (Å²) in [6.45, 7) is 2.33. The van der Waals surface area contributed by atoms with Crippen LogP contribution < -0.4 is 0 Å². The topological polar surface area (TPSA) is 92.3 Å². The highest BCUT2D eigenvalue weighted by molar-refractivity contribution is 5.18. The quantitative estimate of drug-likeness (QED) is 0.0621. The molecule has 0 bridgehead atoms. The third-order valence-electron chi connectivity index (χ3n) is 11.3. The number of hydrogen-bond acceptors (Lipinski definition) is 10. The Morgan fingerprint density at radius 2 is 0.609 bits per heavy atom. The molecule has 2 fully saturated rings. The number of rotatable bonds is 23. The smallest absolute Gasteiger partial charge is 0.187 e. The zero-order valence-corrected chi connectivity index (χ0v) is 36.3. The Morgan fingerprint density at radius 1 is 0.312 bits per heavy atom. The molecule has 2 heterocycles. The first kappa shape index (κ1) is 45.5. The molecule has 0 radical (unpaired) electrons. The molecule has 6 aromatic rings. The third kappa shape index (κ3) is 13.0. The summed E-state index contributed by atoms with van der Waals surface area (Å²) in [4.78, 5) is 0. The summed E-state index contributed by atoms with van der Waals surface area (Å²) in [6, 6.07) is 60.3. The fraction of sp³-hybridized carbons (Fsp3) is 0.333. The van der Waals surface area contributed by atoms with Crippen LogP contribution in [0.15, 0.2) is 182 Å². The molecule has 8 rings (SSSR count). The molecular formula is C54H58O10. The molecule has 0 saturated carbocycles. The average molecular weight is 867 g/mol. The molecule has 0 spiro atoms. The van der Waals surface area contributed by atoms with Crippen molar-refractivity contribution in [2.24, 2.45) is 0 Å². The fourth-order valence-corrected chi connectivity index (χ4v) is 8.00. The zero-order chi connectivity index (χ0) is 43.6. The normalized spacial score (nSPS) is 24.4. The van der Waals surface area contributed by atoms with Gasteiger partial charge in [-0.05, 0) is 33.4 Å². The maximum atomic E-state index is 6.85. The summed E-state index contributed by atoms with van der Waals surface area (Å²) in [5.41, 5.74) is 6.13. The van der Waals surface area contributed by atoms with E-state index in [-0.39, 0.29) is 13.2 Å². The molecule has 0 N–H and O–H groups in total. The lowest BCUT2D eigenvalue weighted by Gasteiger charge is -2.45. The summed E-state index contributed by atoms with van der Waals surface area (Å²) in [5, 5.41) is 0. The summed E-state index contributed by atoms with van der Waals surface area (Å²) >= 11 is 0. The molecule has 2 aliphatic heterocycles. The van der Waals surface area contributed by atoms with Crippen molar-refractivity contribution in [3.05, 3.63) is 215 Å². The molecule has 2 saturated heterocycles. The van der Waals surface area contributed by atoms with Crippen molar-refractivity contribution in [3.8, 4) is 0 Å². The Hall–Kier alpha value is -5.08. The lowest BCUT2D eigenvalue weighted by Crippen LogP contribution is -2.61. The molecule has 0 amide bonds. The van der Waals surface area contributed by atoms with Crippen molar-refractivity contribution in [2.45, 2.75) is 94.9 Å². The second kappa shape index (κ2) is 24.3. The first-order chi connectivity index (χ1) is 31.7. The van der Waals surface area contributed by atoms with Crippen LogP contribution in [0.1, 0.15) is 33.4 Å². The maximum Gasteiger partial charge on any atom is 0.187 e. The summed E-state index contributed by atoms with van der Waals surface area (Å²) < 4.78 is 66.6. The zero-order valence-electron chi connectivity index (χ0n) is 36.3. The van der Waals surface area contributed by atoms with E-state index in [1.807, 2.05) is 182 Å². The predicted molar refractivity (Wildman–Crippen MR) is 241 cm³/mol. The first-order valence-electron chi connectivity index (χ1n) is 22.0. The van der Waals surface area contributed by atoms with E-state index in [0.29, 0.717) is 39.6 Å². The molecule has 10 heteroatoms. The first-order valence-corrected chi connectivity index (χ1v) is 22.0.